The number of halogens is 1. The van der Waals surface area contributed by atoms with Gasteiger partial charge in [0.2, 0.25) is 0 Å². The van der Waals surface area contributed by atoms with Crippen LogP contribution in [0.2, 0.25) is 5.02 Å². The molecule has 4 aromatic rings. The molecule has 0 radical (unpaired) electrons. The van der Waals surface area contributed by atoms with Crippen LogP contribution in [0.15, 0.2) is 60.8 Å². The molecule has 2 aromatic heterocycles. The molecule has 0 amide bonds. The fraction of sp³-hybridized carbons (Fsp3) is 0.217. The van der Waals surface area contributed by atoms with Gasteiger partial charge in [0.1, 0.15) is 5.82 Å². The number of hydrogen-bond acceptors (Lipinski definition) is 3. The molecule has 0 aliphatic carbocycles. The average Bonchev–Trinajstić information content (AvgIpc) is 3.37. The molecule has 140 valence electrons. The number of rotatable bonds is 4. The van der Waals surface area contributed by atoms with E-state index in [0.717, 1.165) is 50.8 Å². The Morgan fingerprint density at radius 3 is 2.39 bits per heavy atom. The zero-order valence-corrected chi connectivity index (χ0v) is 16.3. The van der Waals surface area contributed by atoms with Crippen molar-refractivity contribution in [1.29, 1.82) is 0 Å². The van der Waals surface area contributed by atoms with Gasteiger partial charge < -0.3 is 4.98 Å². The third-order valence-corrected chi connectivity index (χ3v) is 5.59. The molecule has 5 rings (SSSR count). The lowest BCUT2D eigenvalue weighted by Crippen LogP contribution is -2.19. The van der Waals surface area contributed by atoms with Gasteiger partial charge >= 0.3 is 0 Å². The highest BCUT2D eigenvalue weighted by atomic mass is 35.5. The summed E-state index contributed by atoms with van der Waals surface area (Å²) in [6.07, 6.45) is 4.50. The Balaban J connectivity index is 1.39. The molecular weight excluding hydrogens is 368 g/mol. The first kappa shape index (κ1) is 17.4. The predicted octanol–water partition coefficient (Wildman–Crippen LogP) is 5.54. The minimum atomic E-state index is 0.740. The van der Waals surface area contributed by atoms with Gasteiger partial charge in [0.05, 0.1) is 23.3 Å². The first-order valence-electron chi connectivity index (χ1n) is 9.68. The number of pyridine rings is 1. The van der Waals surface area contributed by atoms with Crippen molar-refractivity contribution in [3.8, 4) is 22.4 Å². The summed E-state index contributed by atoms with van der Waals surface area (Å²) < 4.78 is 0. The molecule has 1 aliphatic heterocycles. The lowest BCUT2D eigenvalue weighted by molar-refractivity contribution is 0.324. The van der Waals surface area contributed by atoms with E-state index in [0.29, 0.717) is 0 Å². The number of likely N-dealkylation sites (tertiary alicyclic amines) is 1. The minimum Gasteiger partial charge on any atom is -0.341 e. The molecule has 1 saturated heterocycles. The second-order valence-electron chi connectivity index (χ2n) is 7.34. The van der Waals surface area contributed by atoms with Gasteiger partial charge in [-0.05, 0) is 61.8 Å². The molecule has 4 nitrogen and oxygen atoms in total. The van der Waals surface area contributed by atoms with Crippen molar-refractivity contribution in [3.63, 3.8) is 0 Å². The molecule has 0 unspecified atom stereocenters. The number of benzene rings is 2. The zero-order chi connectivity index (χ0) is 18.9. The molecule has 1 N–H and O–H groups in total. The first-order valence-corrected chi connectivity index (χ1v) is 10.1. The molecule has 5 heteroatoms. The SMILES string of the molecule is Clc1ccc(-c2ccc(-c3ccc4[nH]c(CN5CCCC5)nc4c3)nc2)cc1. The Morgan fingerprint density at radius 2 is 1.64 bits per heavy atom. The van der Waals surface area contributed by atoms with Crippen LogP contribution in [-0.2, 0) is 6.54 Å². The smallest absolute Gasteiger partial charge is 0.121 e. The summed E-state index contributed by atoms with van der Waals surface area (Å²) in [4.78, 5) is 15.4. The monoisotopic (exact) mass is 388 g/mol. The summed E-state index contributed by atoms with van der Waals surface area (Å²) in [6.45, 7) is 3.25. The van der Waals surface area contributed by atoms with Crippen molar-refractivity contribution >= 4 is 22.6 Å². The van der Waals surface area contributed by atoms with E-state index in [1.807, 2.05) is 30.5 Å². The number of imidazole rings is 1. The Kier molecular flexibility index (Phi) is 4.59. The molecule has 0 atom stereocenters. The van der Waals surface area contributed by atoms with Crippen molar-refractivity contribution in [2.24, 2.45) is 0 Å². The summed E-state index contributed by atoms with van der Waals surface area (Å²) in [5.41, 5.74) is 6.29. The van der Waals surface area contributed by atoms with Gasteiger partial charge in [-0.15, -0.1) is 0 Å². The van der Waals surface area contributed by atoms with Crippen molar-refractivity contribution in [2.75, 3.05) is 13.1 Å². The summed E-state index contributed by atoms with van der Waals surface area (Å²) in [5.74, 6) is 1.04. The Hall–Kier alpha value is -2.69. The van der Waals surface area contributed by atoms with Gasteiger partial charge in [-0.1, -0.05) is 35.9 Å². The number of H-pyrrole nitrogens is 1. The van der Waals surface area contributed by atoms with Crippen LogP contribution in [0.4, 0.5) is 0 Å². The summed E-state index contributed by atoms with van der Waals surface area (Å²) in [6, 6.07) is 18.3. The van der Waals surface area contributed by atoms with Crippen LogP contribution in [0.25, 0.3) is 33.4 Å². The zero-order valence-electron chi connectivity index (χ0n) is 15.5. The van der Waals surface area contributed by atoms with E-state index < -0.39 is 0 Å². The number of fused-ring (bicyclic) bond motifs is 1. The van der Waals surface area contributed by atoms with Crippen LogP contribution in [0.3, 0.4) is 0 Å². The molecule has 0 bridgehead atoms. The molecule has 1 fully saturated rings. The van der Waals surface area contributed by atoms with Crippen LogP contribution in [0.1, 0.15) is 18.7 Å². The number of nitrogens with one attached hydrogen (secondary N) is 1. The lowest BCUT2D eigenvalue weighted by atomic mass is 10.1. The second-order valence-corrected chi connectivity index (χ2v) is 7.77. The Morgan fingerprint density at radius 1 is 0.893 bits per heavy atom. The maximum atomic E-state index is 5.97. The van der Waals surface area contributed by atoms with Gasteiger partial charge in [0, 0.05) is 22.3 Å². The maximum Gasteiger partial charge on any atom is 0.121 e. The number of aromatic amines is 1. The highest BCUT2D eigenvalue weighted by molar-refractivity contribution is 6.30. The van der Waals surface area contributed by atoms with Gasteiger partial charge in [0.25, 0.3) is 0 Å². The third-order valence-electron chi connectivity index (χ3n) is 5.34. The molecule has 1 aliphatic rings. The fourth-order valence-electron chi connectivity index (χ4n) is 3.82. The van der Waals surface area contributed by atoms with E-state index in [9.17, 15) is 0 Å². The lowest BCUT2D eigenvalue weighted by Gasteiger charge is -2.11. The van der Waals surface area contributed by atoms with E-state index in [-0.39, 0.29) is 0 Å². The van der Waals surface area contributed by atoms with Crippen molar-refractivity contribution in [2.45, 2.75) is 19.4 Å². The van der Waals surface area contributed by atoms with Crippen LogP contribution in [-0.4, -0.2) is 32.9 Å². The van der Waals surface area contributed by atoms with Crippen LogP contribution >= 0.6 is 11.6 Å². The van der Waals surface area contributed by atoms with Crippen LogP contribution in [0, 0.1) is 0 Å². The molecule has 0 spiro atoms. The van der Waals surface area contributed by atoms with E-state index in [1.165, 1.54) is 25.9 Å². The number of hydrogen-bond donors (Lipinski definition) is 1. The quantitative estimate of drug-likeness (QED) is 0.499. The van der Waals surface area contributed by atoms with Crippen LogP contribution in [0.5, 0.6) is 0 Å². The summed E-state index contributed by atoms with van der Waals surface area (Å²) >= 11 is 5.97. The summed E-state index contributed by atoms with van der Waals surface area (Å²) in [5, 5.41) is 0.740. The fourth-order valence-corrected chi connectivity index (χ4v) is 3.95. The van der Waals surface area contributed by atoms with Gasteiger partial charge in [-0.25, -0.2) is 4.98 Å². The Labute approximate surface area is 169 Å². The number of aromatic nitrogens is 3. The van der Waals surface area contributed by atoms with Crippen molar-refractivity contribution in [1.82, 2.24) is 19.9 Å². The van der Waals surface area contributed by atoms with E-state index in [4.69, 9.17) is 16.6 Å². The standard InChI is InChI=1S/C23H21ClN4/c24-19-7-3-16(4-8-19)18-6-9-20(25-14-18)17-5-10-21-22(13-17)27-23(26-21)15-28-11-1-2-12-28/h3-10,13-14H,1-2,11-12,15H2,(H,26,27). The maximum absolute atomic E-state index is 5.97. The average molecular weight is 389 g/mol. The molecule has 2 aromatic carbocycles. The van der Waals surface area contributed by atoms with Crippen molar-refractivity contribution < 1.29 is 0 Å². The highest BCUT2D eigenvalue weighted by Gasteiger charge is 2.14. The normalized spacial score (nSPS) is 14.8. The number of nitrogens with zero attached hydrogens (tertiary/aromatic N) is 3. The predicted molar refractivity (Wildman–Crippen MR) is 114 cm³/mol. The summed E-state index contributed by atoms with van der Waals surface area (Å²) in [7, 11) is 0. The van der Waals surface area contributed by atoms with Crippen molar-refractivity contribution in [3.05, 3.63) is 71.6 Å². The molecular formula is C23H21ClN4. The van der Waals surface area contributed by atoms with E-state index in [2.05, 4.69) is 45.2 Å². The minimum absolute atomic E-state index is 0.740. The van der Waals surface area contributed by atoms with Gasteiger partial charge in [0.15, 0.2) is 0 Å². The van der Waals surface area contributed by atoms with Crippen LogP contribution < -0.4 is 0 Å². The second kappa shape index (κ2) is 7.38. The Bertz CT molecular complexity index is 1090. The first-order chi connectivity index (χ1) is 13.7. The molecule has 0 saturated carbocycles. The topological polar surface area (TPSA) is 44.8 Å². The highest BCUT2D eigenvalue weighted by Crippen LogP contribution is 2.26. The largest absolute Gasteiger partial charge is 0.341 e. The van der Waals surface area contributed by atoms with E-state index in [1.54, 1.807) is 0 Å². The third kappa shape index (κ3) is 3.53. The van der Waals surface area contributed by atoms with Gasteiger partial charge in [-0.2, -0.15) is 0 Å². The molecule has 3 heterocycles. The molecule has 28 heavy (non-hydrogen) atoms. The van der Waals surface area contributed by atoms with Gasteiger partial charge in [-0.3, -0.25) is 9.88 Å². The van der Waals surface area contributed by atoms with E-state index >= 15 is 0 Å².